The van der Waals surface area contributed by atoms with Gasteiger partial charge in [0.1, 0.15) is 6.04 Å². The van der Waals surface area contributed by atoms with E-state index in [1.54, 1.807) is 12.1 Å². The first-order valence-electron chi connectivity index (χ1n) is 10.8. The van der Waals surface area contributed by atoms with Crippen molar-refractivity contribution in [1.82, 2.24) is 10.6 Å². The van der Waals surface area contributed by atoms with Gasteiger partial charge in [-0.05, 0) is 34.4 Å². The van der Waals surface area contributed by atoms with Gasteiger partial charge in [0.05, 0.1) is 0 Å². The van der Waals surface area contributed by atoms with Gasteiger partial charge in [0, 0.05) is 31.5 Å². The normalized spacial score (nSPS) is 11.4. The van der Waals surface area contributed by atoms with Gasteiger partial charge in [0.25, 0.3) is 5.91 Å². The molecule has 0 saturated heterocycles. The molecule has 0 bridgehead atoms. The minimum atomic E-state index is -0.801. The monoisotopic (exact) mass is 444 g/mol. The van der Waals surface area contributed by atoms with Crippen LogP contribution in [0.5, 0.6) is 0 Å². The minimum Gasteiger partial charge on any atom is -0.370 e. The molecule has 1 unspecified atom stereocenters. The topological polar surface area (TPSA) is 127 Å². The maximum Gasteiger partial charge on any atom is 0.251 e. The van der Waals surface area contributed by atoms with Gasteiger partial charge in [0.2, 0.25) is 11.8 Å². The highest BCUT2D eigenvalue weighted by Crippen LogP contribution is 2.23. The van der Waals surface area contributed by atoms with E-state index in [9.17, 15) is 14.4 Å². The van der Waals surface area contributed by atoms with Crippen LogP contribution in [0.2, 0.25) is 0 Å². The van der Waals surface area contributed by atoms with E-state index >= 15 is 0 Å². The van der Waals surface area contributed by atoms with Crippen molar-refractivity contribution >= 4 is 17.7 Å². The maximum absolute atomic E-state index is 12.9. The molecular weight excluding hydrogens is 416 g/mol. The number of benzene rings is 3. The molecule has 3 rings (SSSR count). The van der Waals surface area contributed by atoms with E-state index in [2.05, 4.69) is 10.6 Å². The van der Waals surface area contributed by atoms with Crippen LogP contribution in [0.1, 0.15) is 27.9 Å². The molecule has 0 aromatic heterocycles. The Labute approximate surface area is 193 Å². The van der Waals surface area contributed by atoms with Crippen molar-refractivity contribution in [2.24, 2.45) is 11.5 Å². The summed E-state index contributed by atoms with van der Waals surface area (Å²) in [5, 5.41) is 5.48. The van der Waals surface area contributed by atoms with Gasteiger partial charge in [-0.2, -0.15) is 0 Å². The molecule has 0 aliphatic carbocycles. The summed E-state index contributed by atoms with van der Waals surface area (Å²) in [6, 6.07) is 23.6. The highest BCUT2D eigenvalue weighted by Gasteiger charge is 2.22. The first-order chi connectivity index (χ1) is 16.0. The van der Waals surface area contributed by atoms with E-state index in [1.807, 2.05) is 66.7 Å². The minimum absolute atomic E-state index is 0.0312. The lowest BCUT2D eigenvalue weighted by Crippen LogP contribution is -2.48. The number of nitrogens with one attached hydrogen (secondary N) is 2. The molecule has 0 spiro atoms. The molecule has 0 aliphatic heterocycles. The summed E-state index contributed by atoms with van der Waals surface area (Å²) in [6.07, 6.45) is 0.348. The molecule has 3 aromatic carbocycles. The van der Waals surface area contributed by atoms with Crippen LogP contribution in [0.3, 0.4) is 0 Å². The Balaban J connectivity index is 1.73. The third-order valence-electron chi connectivity index (χ3n) is 5.27. The van der Waals surface area contributed by atoms with Crippen molar-refractivity contribution in [2.75, 3.05) is 6.54 Å². The van der Waals surface area contributed by atoms with Gasteiger partial charge in [0.15, 0.2) is 0 Å². The largest absolute Gasteiger partial charge is 0.370 e. The number of amides is 3. The van der Waals surface area contributed by atoms with E-state index in [4.69, 9.17) is 11.5 Å². The lowest BCUT2D eigenvalue weighted by Gasteiger charge is -2.19. The molecule has 1 atom stereocenters. The number of carbonyl (C=O) groups is 3. The first kappa shape index (κ1) is 23.7. The summed E-state index contributed by atoms with van der Waals surface area (Å²) in [5.41, 5.74) is 15.3. The van der Waals surface area contributed by atoms with Crippen molar-refractivity contribution < 1.29 is 14.4 Å². The molecule has 0 heterocycles. The quantitative estimate of drug-likeness (QED) is 0.382. The molecule has 3 aromatic rings. The Morgan fingerprint density at radius 1 is 0.848 bits per heavy atom. The van der Waals surface area contributed by atoms with Crippen LogP contribution in [-0.4, -0.2) is 30.3 Å². The van der Waals surface area contributed by atoms with Crippen LogP contribution in [0, 0.1) is 0 Å². The summed E-state index contributed by atoms with van der Waals surface area (Å²) in [4.78, 5) is 36.6. The fraction of sp³-hybridized carbons (Fsp3) is 0.192. The Morgan fingerprint density at radius 3 is 2.18 bits per heavy atom. The highest BCUT2D eigenvalue weighted by molar-refractivity contribution is 5.98. The predicted octanol–water partition coefficient (Wildman–Crippen LogP) is 2.14. The van der Waals surface area contributed by atoms with Crippen LogP contribution in [0.25, 0.3) is 11.1 Å². The fourth-order valence-corrected chi connectivity index (χ4v) is 3.51. The van der Waals surface area contributed by atoms with Crippen molar-refractivity contribution in [1.29, 1.82) is 0 Å². The number of rotatable bonds is 10. The molecule has 3 amide bonds. The molecule has 0 fully saturated rings. The zero-order valence-corrected chi connectivity index (χ0v) is 18.3. The van der Waals surface area contributed by atoms with E-state index in [-0.39, 0.29) is 24.8 Å². The molecular formula is C26H28N4O3. The van der Waals surface area contributed by atoms with Gasteiger partial charge >= 0.3 is 0 Å². The first-order valence-corrected chi connectivity index (χ1v) is 10.8. The Morgan fingerprint density at radius 2 is 1.52 bits per heavy atom. The van der Waals surface area contributed by atoms with Crippen molar-refractivity contribution in [3.05, 3.63) is 95.6 Å². The summed E-state index contributed by atoms with van der Waals surface area (Å²) >= 11 is 0. The summed E-state index contributed by atoms with van der Waals surface area (Å²) in [7, 11) is 0. The molecule has 170 valence electrons. The second kappa shape index (κ2) is 11.6. The Bertz CT molecular complexity index is 1100. The molecule has 33 heavy (non-hydrogen) atoms. The fourth-order valence-electron chi connectivity index (χ4n) is 3.51. The van der Waals surface area contributed by atoms with Gasteiger partial charge < -0.3 is 22.1 Å². The van der Waals surface area contributed by atoms with Gasteiger partial charge in [-0.1, -0.05) is 66.7 Å². The Kier molecular flexibility index (Phi) is 8.32. The smallest absolute Gasteiger partial charge is 0.251 e. The molecule has 0 saturated carbocycles. The summed E-state index contributed by atoms with van der Waals surface area (Å²) < 4.78 is 0. The predicted molar refractivity (Wildman–Crippen MR) is 128 cm³/mol. The number of hydrogen-bond donors (Lipinski definition) is 4. The van der Waals surface area contributed by atoms with Crippen LogP contribution in [-0.2, 0) is 22.6 Å². The van der Waals surface area contributed by atoms with E-state index in [1.165, 1.54) is 0 Å². The molecule has 6 N–H and O–H groups in total. The zero-order chi connectivity index (χ0) is 23.6. The second-order valence-corrected chi connectivity index (χ2v) is 7.66. The van der Waals surface area contributed by atoms with Gasteiger partial charge in [-0.25, -0.2) is 0 Å². The van der Waals surface area contributed by atoms with Crippen molar-refractivity contribution in [3.8, 4) is 11.1 Å². The SMILES string of the molecule is NCc1ccccc1-c1ccc(C(=O)NC(Cc2ccccc2)C(=O)NCCC(N)=O)cc1. The highest BCUT2D eigenvalue weighted by atomic mass is 16.2. The number of nitrogens with two attached hydrogens (primary N) is 2. The van der Waals surface area contributed by atoms with Crippen LogP contribution in [0.4, 0.5) is 0 Å². The van der Waals surface area contributed by atoms with Crippen molar-refractivity contribution in [3.63, 3.8) is 0 Å². The van der Waals surface area contributed by atoms with E-state index < -0.39 is 11.9 Å². The summed E-state index contributed by atoms with van der Waals surface area (Å²) in [5.74, 6) is -1.24. The Hall–Kier alpha value is -3.97. The van der Waals surface area contributed by atoms with Crippen LogP contribution >= 0.6 is 0 Å². The molecule has 0 aliphatic rings. The summed E-state index contributed by atoms with van der Waals surface area (Å²) in [6.45, 7) is 0.537. The molecule has 7 nitrogen and oxygen atoms in total. The third kappa shape index (κ3) is 6.75. The number of carbonyl (C=O) groups excluding carboxylic acids is 3. The zero-order valence-electron chi connectivity index (χ0n) is 18.3. The lowest BCUT2D eigenvalue weighted by atomic mass is 9.98. The number of hydrogen-bond acceptors (Lipinski definition) is 4. The average molecular weight is 445 g/mol. The lowest BCUT2D eigenvalue weighted by molar-refractivity contribution is -0.123. The third-order valence-corrected chi connectivity index (χ3v) is 5.27. The second-order valence-electron chi connectivity index (χ2n) is 7.66. The number of primary amides is 1. The van der Waals surface area contributed by atoms with E-state index in [0.29, 0.717) is 18.5 Å². The van der Waals surface area contributed by atoms with Gasteiger partial charge in [-0.3, -0.25) is 14.4 Å². The van der Waals surface area contributed by atoms with Crippen LogP contribution < -0.4 is 22.1 Å². The van der Waals surface area contributed by atoms with E-state index in [0.717, 1.165) is 22.3 Å². The standard InChI is InChI=1S/C26H28N4O3/c27-17-21-8-4-5-9-22(21)19-10-12-20(13-11-19)25(32)30-23(16-18-6-2-1-3-7-18)26(33)29-15-14-24(28)31/h1-13,23H,14-17,27H2,(H2,28,31)(H,29,33)(H,30,32). The average Bonchev–Trinajstić information content (AvgIpc) is 2.84. The van der Waals surface area contributed by atoms with Gasteiger partial charge in [-0.15, -0.1) is 0 Å². The molecule has 7 heteroatoms. The molecule has 0 radical (unpaired) electrons. The van der Waals surface area contributed by atoms with Crippen molar-refractivity contribution in [2.45, 2.75) is 25.4 Å². The van der Waals surface area contributed by atoms with Crippen LogP contribution in [0.15, 0.2) is 78.9 Å². The maximum atomic E-state index is 12.9.